The fraction of sp³-hybridized carbons (Fsp3) is 0.700. The molecule has 1 radical (unpaired) electrons. The van der Waals surface area contributed by atoms with Gasteiger partial charge < -0.3 is 9.47 Å². The topological polar surface area (TPSA) is 18.5 Å². The molecule has 2 heteroatoms. The van der Waals surface area contributed by atoms with Crippen molar-refractivity contribution in [1.82, 2.24) is 0 Å². The Morgan fingerprint density at radius 1 is 1.42 bits per heavy atom. The Kier molecular flexibility index (Phi) is 3.29. The number of ether oxygens (including phenoxy) is 2. The highest BCUT2D eigenvalue weighted by Gasteiger charge is 2.26. The zero-order chi connectivity index (χ0) is 9.14. The van der Waals surface area contributed by atoms with Gasteiger partial charge in [0.15, 0.2) is 0 Å². The summed E-state index contributed by atoms with van der Waals surface area (Å²) in [6, 6.07) is 0. The van der Waals surface area contributed by atoms with Gasteiger partial charge in [-0.1, -0.05) is 11.6 Å². The first kappa shape index (κ1) is 9.75. The number of rotatable bonds is 2. The third kappa shape index (κ3) is 1.87. The summed E-state index contributed by atoms with van der Waals surface area (Å²) in [6.45, 7) is 6.13. The Morgan fingerprint density at radius 2 is 2.08 bits per heavy atom. The lowest BCUT2D eigenvalue weighted by molar-refractivity contribution is -0.0251. The zero-order valence-electron chi connectivity index (χ0n) is 8.04. The Balaban J connectivity index is 2.70. The summed E-state index contributed by atoms with van der Waals surface area (Å²) in [6.07, 6.45) is 3.33. The Hall–Kier alpha value is -0.340. The van der Waals surface area contributed by atoms with E-state index in [9.17, 15) is 0 Å². The van der Waals surface area contributed by atoms with Crippen LogP contribution in [0.25, 0.3) is 0 Å². The van der Waals surface area contributed by atoms with E-state index < -0.39 is 0 Å². The quantitative estimate of drug-likeness (QED) is 0.587. The molecule has 0 saturated carbocycles. The van der Waals surface area contributed by atoms with E-state index in [-0.39, 0.29) is 12.2 Å². The molecule has 0 amide bonds. The molecule has 0 aromatic heterocycles. The summed E-state index contributed by atoms with van der Waals surface area (Å²) >= 11 is 0. The van der Waals surface area contributed by atoms with Crippen molar-refractivity contribution in [2.24, 2.45) is 5.92 Å². The Morgan fingerprint density at radius 3 is 2.58 bits per heavy atom. The van der Waals surface area contributed by atoms with Crippen LogP contribution in [0.15, 0.2) is 11.6 Å². The minimum atomic E-state index is 0.105. The number of methoxy groups -OCH3 is 2. The van der Waals surface area contributed by atoms with Crippen molar-refractivity contribution in [3.8, 4) is 0 Å². The highest BCUT2D eigenvalue weighted by Crippen LogP contribution is 2.26. The molecule has 0 aliphatic heterocycles. The van der Waals surface area contributed by atoms with Gasteiger partial charge >= 0.3 is 0 Å². The molecule has 2 nitrogen and oxygen atoms in total. The maximum Gasteiger partial charge on any atom is 0.102 e. The second kappa shape index (κ2) is 4.06. The van der Waals surface area contributed by atoms with E-state index >= 15 is 0 Å². The van der Waals surface area contributed by atoms with Crippen LogP contribution in [-0.2, 0) is 9.47 Å². The third-order valence-electron chi connectivity index (χ3n) is 2.53. The minimum absolute atomic E-state index is 0.105. The van der Waals surface area contributed by atoms with Gasteiger partial charge in [0.25, 0.3) is 0 Å². The molecule has 1 rings (SSSR count). The average molecular weight is 169 g/mol. The van der Waals surface area contributed by atoms with Crippen LogP contribution >= 0.6 is 0 Å². The second-order valence-electron chi connectivity index (χ2n) is 3.32. The largest absolute Gasteiger partial charge is 0.378 e. The van der Waals surface area contributed by atoms with Gasteiger partial charge in [0.1, 0.15) is 6.10 Å². The number of hydrogen-bond donors (Lipinski definition) is 0. The predicted octanol–water partition coefficient (Wildman–Crippen LogP) is 1.82. The van der Waals surface area contributed by atoms with Crippen LogP contribution in [0.3, 0.4) is 0 Å². The summed E-state index contributed by atoms with van der Waals surface area (Å²) in [5.41, 5.74) is 1.30. The molecule has 0 N–H and O–H groups in total. The summed E-state index contributed by atoms with van der Waals surface area (Å²) < 4.78 is 10.6. The van der Waals surface area contributed by atoms with Gasteiger partial charge in [0.2, 0.25) is 0 Å². The maximum atomic E-state index is 5.30. The van der Waals surface area contributed by atoms with E-state index in [0.29, 0.717) is 5.92 Å². The van der Waals surface area contributed by atoms with E-state index in [1.54, 1.807) is 14.2 Å². The molecule has 1 aliphatic carbocycles. The molecule has 0 aromatic rings. The molecule has 3 unspecified atom stereocenters. The smallest absolute Gasteiger partial charge is 0.102 e. The van der Waals surface area contributed by atoms with Gasteiger partial charge in [0.05, 0.1) is 6.10 Å². The first-order valence-corrected chi connectivity index (χ1v) is 4.26. The first-order valence-electron chi connectivity index (χ1n) is 4.26. The monoisotopic (exact) mass is 169 g/mol. The highest BCUT2D eigenvalue weighted by atomic mass is 16.5. The van der Waals surface area contributed by atoms with Gasteiger partial charge in [-0.2, -0.15) is 0 Å². The molecule has 0 aromatic carbocycles. The summed E-state index contributed by atoms with van der Waals surface area (Å²) in [7, 11) is 3.43. The normalized spacial score (nSPS) is 36.3. The first-order chi connectivity index (χ1) is 5.69. The average Bonchev–Trinajstić information content (AvgIpc) is 2.09. The third-order valence-corrected chi connectivity index (χ3v) is 2.53. The molecule has 12 heavy (non-hydrogen) atoms. The minimum Gasteiger partial charge on any atom is -0.378 e. The highest BCUT2D eigenvalue weighted by molar-refractivity contribution is 5.14. The van der Waals surface area contributed by atoms with Crippen molar-refractivity contribution in [2.45, 2.75) is 25.6 Å². The lowest BCUT2D eigenvalue weighted by Crippen LogP contribution is -2.34. The molecule has 1 aliphatic rings. The molecule has 69 valence electrons. The molecule has 0 spiro atoms. The molecular weight excluding hydrogens is 152 g/mol. The van der Waals surface area contributed by atoms with E-state index in [4.69, 9.17) is 9.47 Å². The van der Waals surface area contributed by atoms with Gasteiger partial charge in [0, 0.05) is 14.2 Å². The fourth-order valence-electron chi connectivity index (χ4n) is 1.55. The van der Waals surface area contributed by atoms with Crippen molar-refractivity contribution < 1.29 is 9.47 Å². The SMILES string of the molecule is [CH2]C1CC(OC)C(OC)C=C1C. The van der Waals surface area contributed by atoms with Gasteiger partial charge in [-0.05, 0) is 26.2 Å². The van der Waals surface area contributed by atoms with Gasteiger partial charge in [-0.15, -0.1) is 0 Å². The van der Waals surface area contributed by atoms with Crippen molar-refractivity contribution in [3.05, 3.63) is 18.6 Å². The van der Waals surface area contributed by atoms with Gasteiger partial charge in [-0.3, -0.25) is 0 Å². The predicted molar refractivity (Wildman–Crippen MR) is 48.8 cm³/mol. The van der Waals surface area contributed by atoms with Crippen LogP contribution in [0, 0.1) is 12.8 Å². The van der Waals surface area contributed by atoms with E-state index in [2.05, 4.69) is 19.9 Å². The lowest BCUT2D eigenvalue weighted by atomic mass is 9.87. The lowest BCUT2D eigenvalue weighted by Gasteiger charge is -2.31. The summed E-state index contributed by atoms with van der Waals surface area (Å²) in [5.74, 6) is 0.376. The Labute approximate surface area is 74.6 Å². The van der Waals surface area contributed by atoms with E-state index in [1.165, 1.54) is 5.57 Å². The van der Waals surface area contributed by atoms with Crippen molar-refractivity contribution in [1.29, 1.82) is 0 Å². The Bertz CT molecular complexity index is 175. The molecule has 0 bridgehead atoms. The summed E-state index contributed by atoms with van der Waals surface area (Å²) in [5, 5.41) is 0. The number of allylic oxidation sites excluding steroid dienone is 1. The standard InChI is InChI=1S/C10H17O2/c1-7-5-9(11-3)10(12-4)6-8(7)2/h6-7,9-10H,1,5H2,2-4H3. The van der Waals surface area contributed by atoms with Crippen LogP contribution in [0.5, 0.6) is 0 Å². The van der Waals surface area contributed by atoms with Crippen LogP contribution < -0.4 is 0 Å². The summed E-state index contributed by atoms with van der Waals surface area (Å²) in [4.78, 5) is 0. The number of hydrogen-bond acceptors (Lipinski definition) is 2. The fourth-order valence-corrected chi connectivity index (χ4v) is 1.55. The second-order valence-corrected chi connectivity index (χ2v) is 3.32. The van der Waals surface area contributed by atoms with Crippen LogP contribution in [0.2, 0.25) is 0 Å². The van der Waals surface area contributed by atoms with E-state index in [0.717, 1.165) is 6.42 Å². The van der Waals surface area contributed by atoms with Crippen molar-refractivity contribution >= 4 is 0 Å². The molecular formula is C10H17O2. The van der Waals surface area contributed by atoms with Crippen LogP contribution in [0.4, 0.5) is 0 Å². The van der Waals surface area contributed by atoms with Crippen LogP contribution in [-0.4, -0.2) is 26.4 Å². The molecule has 0 saturated heterocycles. The maximum absolute atomic E-state index is 5.30. The van der Waals surface area contributed by atoms with Crippen molar-refractivity contribution in [2.75, 3.05) is 14.2 Å². The van der Waals surface area contributed by atoms with E-state index in [1.807, 2.05) is 0 Å². The zero-order valence-corrected chi connectivity index (χ0v) is 8.04. The molecule has 0 fully saturated rings. The molecule has 3 atom stereocenters. The molecule has 0 heterocycles. The van der Waals surface area contributed by atoms with Crippen molar-refractivity contribution in [3.63, 3.8) is 0 Å². The van der Waals surface area contributed by atoms with Gasteiger partial charge in [-0.25, -0.2) is 0 Å². The van der Waals surface area contributed by atoms with Crippen LogP contribution in [0.1, 0.15) is 13.3 Å².